The van der Waals surface area contributed by atoms with E-state index in [1.54, 1.807) is 0 Å². The molecule has 168 valence electrons. The number of benzene rings is 1. The maximum atomic E-state index is 13.0. The standard InChI is InChI=1S/C17H11F6N7OS/c1-7(12-28-14(25)29-30(12)15-26-6-11(5-24)32-15)27-13(31)8-2-9(16(18,19)20)4-10(3-8)17(21,22)23/h2-4,6-7H,1H3,(H2,25,29)(H,27,31)/t7-/m0/s1. The third-order valence-electron chi connectivity index (χ3n) is 4.02. The first-order valence-electron chi connectivity index (χ1n) is 8.48. The van der Waals surface area contributed by atoms with Crippen LogP contribution in [-0.2, 0) is 12.4 Å². The Hall–Kier alpha value is -3.67. The molecule has 0 saturated heterocycles. The fraction of sp³-hybridized carbons (Fsp3) is 0.235. The van der Waals surface area contributed by atoms with E-state index in [4.69, 9.17) is 11.0 Å². The zero-order valence-corrected chi connectivity index (χ0v) is 16.6. The molecule has 3 aromatic rings. The van der Waals surface area contributed by atoms with Crippen molar-refractivity contribution in [3.8, 4) is 11.2 Å². The summed E-state index contributed by atoms with van der Waals surface area (Å²) in [6.45, 7) is 1.37. The second-order valence-electron chi connectivity index (χ2n) is 6.35. The number of nitriles is 1. The molecule has 2 heterocycles. The van der Waals surface area contributed by atoms with Crippen molar-refractivity contribution in [3.63, 3.8) is 0 Å². The molecule has 0 radical (unpaired) electrons. The van der Waals surface area contributed by atoms with Crippen LogP contribution in [0.4, 0.5) is 32.3 Å². The predicted molar refractivity (Wildman–Crippen MR) is 98.5 cm³/mol. The van der Waals surface area contributed by atoms with E-state index in [9.17, 15) is 31.1 Å². The van der Waals surface area contributed by atoms with Gasteiger partial charge in [0.15, 0.2) is 5.82 Å². The van der Waals surface area contributed by atoms with Crippen molar-refractivity contribution >= 4 is 23.2 Å². The molecule has 0 aliphatic heterocycles. The van der Waals surface area contributed by atoms with Crippen LogP contribution in [0.2, 0.25) is 0 Å². The number of carbonyl (C=O) groups excluding carboxylic acids is 1. The van der Waals surface area contributed by atoms with Gasteiger partial charge >= 0.3 is 12.4 Å². The quantitative estimate of drug-likeness (QED) is 0.555. The number of hydrogen-bond donors (Lipinski definition) is 2. The fourth-order valence-corrected chi connectivity index (χ4v) is 3.28. The molecule has 1 aromatic carbocycles. The van der Waals surface area contributed by atoms with E-state index in [1.807, 2.05) is 6.07 Å². The SMILES string of the molecule is C[C@H](NC(=O)c1cc(C(F)(F)F)cc(C(F)(F)F)c1)c1nc(N)nn1-c1ncc(C#N)s1. The molecule has 32 heavy (non-hydrogen) atoms. The van der Waals surface area contributed by atoms with Gasteiger partial charge in [-0.25, -0.2) is 4.98 Å². The molecule has 3 N–H and O–H groups in total. The lowest BCUT2D eigenvalue weighted by atomic mass is 10.0. The summed E-state index contributed by atoms with van der Waals surface area (Å²) in [7, 11) is 0. The Morgan fingerprint density at radius 3 is 2.28 bits per heavy atom. The topological polar surface area (TPSA) is 123 Å². The number of halogens is 6. The van der Waals surface area contributed by atoms with Gasteiger partial charge in [-0.1, -0.05) is 11.3 Å². The van der Waals surface area contributed by atoms with Gasteiger partial charge in [0.1, 0.15) is 10.9 Å². The molecule has 2 aromatic heterocycles. The number of nitrogens with one attached hydrogen (secondary N) is 1. The summed E-state index contributed by atoms with van der Waals surface area (Å²) in [5.41, 5.74) is 1.49. The number of nitrogen functional groups attached to an aromatic ring is 1. The second kappa shape index (κ2) is 8.11. The minimum atomic E-state index is -5.10. The third-order valence-corrected chi connectivity index (χ3v) is 4.90. The number of anilines is 1. The molecular formula is C17H11F6N7OS. The normalized spacial score (nSPS) is 12.9. The van der Waals surface area contributed by atoms with Crippen molar-refractivity contribution in [1.29, 1.82) is 5.26 Å². The van der Waals surface area contributed by atoms with Gasteiger partial charge in [-0.05, 0) is 25.1 Å². The summed E-state index contributed by atoms with van der Waals surface area (Å²) in [5, 5.41) is 15.3. The molecule has 1 amide bonds. The maximum absolute atomic E-state index is 13.0. The van der Waals surface area contributed by atoms with Crippen LogP contribution in [0, 0.1) is 11.3 Å². The summed E-state index contributed by atoms with van der Waals surface area (Å²) in [6, 6.07) is 1.38. The van der Waals surface area contributed by atoms with Crippen LogP contribution in [0.5, 0.6) is 0 Å². The van der Waals surface area contributed by atoms with E-state index in [0.29, 0.717) is 12.1 Å². The first-order valence-corrected chi connectivity index (χ1v) is 9.30. The van der Waals surface area contributed by atoms with Gasteiger partial charge in [-0.2, -0.15) is 41.3 Å². The number of alkyl halides is 6. The number of amides is 1. The van der Waals surface area contributed by atoms with E-state index in [1.165, 1.54) is 13.1 Å². The maximum Gasteiger partial charge on any atom is 0.416 e. The van der Waals surface area contributed by atoms with Gasteiger partial charge < -0.3 is 11.1 Å². The van der Waals surface area contributed by atoms with Gasteiger partial charge in [0, 0.05) is 5.56 Å². The minimum Gasteiger partial charge on any atom is -0.366 e. The molecule has 0 spiro atoms. The van der Waals surface area contributed by atoms with Gasteiger partial charge in [0.2, 0.25) is 11.1 Å². The summed E-state index contributed by atoms with van der Waals surface area (Å²) in [6.07, 6.45) is -8.94. The van der Waals surface area contributed by atoms with Crippen molar-refractivity contribution in [2.45, 2.75) is 25.3 Å². The van der Waals surface area contributed by atoms with Crippen LogP contribution in [0.3, 0.4) is 0 Å². The first-order chi connectivity index (χ1) is 14.8. The van der Waals surface area contributed by atoms with Crippen LogP contribution in [0.15, 0.2) is 24.4 Å². The van der Waals surface area contributed by atoms with Crippen molar-refractivity contribution < 1.29 is 31.1 Å². The number of aromatic nitrogens is 4. The lowest BCUT2D eigenvalue weighted by Gasteiger charge is -2.16. The number of thiazole rings is 1. The molecule has 0 saturated carbocycles. The van der Waals surface area contributed by atoms with E-state index in [-0.39, 0.29) is 27.8 Å². The molecule has 0 aliphatic rings. The molecule has 0 fully saturated rings. The molecular weight excluding hydrogens is 464 g/mol. The largest absolute Gasteiger partial charge is 0.416 e. The van der Waals surface area contributed by atoms with E-state index in [0.717, 1.165) is 16.0 Å². The Balaban J connectivity index is 1.94. The Kier molecular flexibility index (Phi) is 5.83. The first kappa shape index (κ1) is 23.0. The van der Waals surface area contributed by atoms with Crippen LogP contribution in [-0.4, -0.2) is 25.7 Å². The van der Waals surface area contributed by atoms with Gasteiger partial charge in [-0.3, -0.25) is 4.79 Å². The Labute approximate surface area is 179 Å². The smallest absolute Gasteiger partial charge is 0.366 e. The minimum absolute atomic E-state index is 0.00212. The molecule has 0 unspecified atom stereocenters. The Bertz CT molecular complexity index is 1180. The van der Waals surface area contributed by atoms with Crippen molar-refractivity contribution in [2.24, 2.45) is 0 Å². The lowest BCUT2D eigenvalue weighted by Crippen LogP contribution is -2.29. The van der Waals surface area contributed by atoms with Crippen LogP contribution in [0.25, 0.3) is 5.13 Å². The lowest BCUT2D eigenvalue weighted by molar-refractivity contribution is -0.143. The highest BCUT2D eigenvalue weighted by atomic mass is 32.1. The highest BCUT2D eigenvalue weighted by molar-refractivity contribution is 7.14. The zero-order chi connectivity index (χ0) is 23.8. The number of nitrogens with two attached hydrogens (primary N) is 1. The monoisotopic (exact) mass is 475 g/mol. The molecule has 3 rings (SSSR count). The number of hydrogen-bond acceptors (Lipinski definition) is 7. The highest BCUT2D eigenvalue weighted by Gasteiger charge is 2.37. The van der Waals surface area contributed by atoms with Crippen LogP contribution < -0.4 is 11.1 Å². The average molecular weight is 475 g/mol. The summed E-state index contributed by atoms with van der Waals surface area (Å²) < 4.78 is 79.3. The van der Waals surface area contributed by atoms with Crippen LogP contribution in [0.1, 0.15) is 45.2 Å². The highest BCUT2D eigenvalue weighted by Crippen LogP contribution is 2.36. The van der Waals surface area contributed by atoms with Crippen molar-refractivity contribution in [1.82, 2.24) is 25.1 Å². The number of rotatable bonds is 4. The van der Waals surface area contributed by atoms with E-state index in [2.05, 4.69) is 20.4 Å². The Morgan fingerprint density at radius 1 is 1.19 bits per heavy atom. The molecule has 15 heteroatoms. The Morgan fingerprint density at radius 2 is 1.78 bits per heavy atom. The molecule has 0 bridgehead atoms. The van der Waals surface area contributed by atoms with Gasteiger partial charge in [0.25, 0.3) is 5.91 Å². The van der Waals surface area contributed by atoms with Crippen molar-refractivity contribution in [3.05, 3.63) is 51.8 Å². The summed E-state index contributed by atoms with van der Waals surface area (Å²) in [4.78, 5) is 20.6. The summed E-state index contributed by atoms with van der Waals surface area (Å²) in [5.74, 6) is -1.44. The molecule has 8 nitrogen and oxygen atoms in total. The zero-order valence-electron chi connectivity index (χ0n) is 15.8. The molecule has 0 aliphatic carbocycles. The van der Waals surface area contributed by atoms with E-state index >= 15 is 0 Å². The number of nitrogens with zero attached hydrogens (tertiary/aromatic N) is 5. The average Bonchev–Trinajstić information content (AvgIpc) is 3.32. The van der Waals surface area contributed by atoms with Gasteiger partial charge in [-0.15, -0.1) is 5.10 Å². The fourth-order valence-electron chi connectivity index (χ4n) is 2.61. The summed E-state index contributed by atoms with van der Waals surface area (Å²) >= 11 is 0.925. The van der Waals surface area contributed by atoms with E-state index < -0.39 is 41.0 Å². The van der Waals surface area contributed by atoms with Crippen molar-refractivity contribution in [2.75, 3.05) is 5.73 Å². The van der Waals surface area contributed by atoms with Gasteiger partial charge in [0.05, 0.1) is 23.4 Å². The van der Waals surface area contributed by atoms with Crippen LogP contribution >= 0.6 is 11.3 Å². The number of carbonyl (C=O) groups is 1. The molecule has 1 atom stereocenters. The third kappa shape index (κ3) is 4.80. The second-order valence-corrected chi connectivity index (χ2v) is 7.36. The predicted octanol–water partition coefficient (Wildman–Crippen LogP) is 3.71.